The number of carbonyl (C=O) groups is 1. The zero-order valence-corrected chi connectivity index (χ0v) is 12.2. The molecule has 110 valence electrons. The molecule has 0 aliphatic heterocycles. The number of rotatable bonds is 5. The number of nitrogens with one attached hydrogen (secondary N) is 1. The van der Waals surface area contributed by atoms with Gasteiger partial charge in [0.1, 0.15) is 5.75 Å². The maximum atomic E-state index is 11.0. The summed E-state index contributed by atoms with van der Waals surface area (Å²) in [5.41, 5.74) is 3.41. The highest BCUT2D eigenvalue weighted by molar-refractivity contribution is 6.32. The largest absolute Gasteiger partial charge is 0.495 e. The Balaban J connectivity index is 2.19. The van der Waals surface area contributed by atoms with Crippen LogP contribution in [0.3, 0.4) is 0 Å². The zero-order valence-electron chi connectivity index (χ0n) is 11.4. The Hall–Kier alpha value is -2.24. The van der Waals surface area contributed by atoms with Crippen molar-refractivity contribution in [2.75, 3.05) is 7.11 Å². The first-order valence-corrected chi connectivity index (χ1v) is 6.61. The fourth-order valence-electron chi connectivity index (χ4n) is 1.92. The van der Waals surface area contributed by atoms with E-state index in [4.69, 9.17) is 21.5 Å². The van der Waals surface area contributed by atoms with Crippen LogP contribution in [0.4, 0.5) is 0 Å². The molecular formula is C15H15ClN2O3. The van der Waals surface area contributed by atoms with Crippen LogP contribution < -0.4 is 10.2 Å². The predicted octanol–water partition coefficient (Wildman–Crippen LogP) is 2.72. The Morgan fingerprint density at radius 3 is 3.00 bits per heavy atom. The second kappa shape index (κ2) is 6.97. The maximum absolute atomic E-state index is 11.0. The summed E-state index contributed by atoms with van der Waals surface area (Å²) in [7, 11) is 1.57. The van der Waals surface area contributed by atoms with E-state index in [9.17, 15) is 4.79 Å². The van der Waals surface area contributed by atoms with E-state index >= 15 is 0 Å². The second-order valence-corrected chi connectivity index (χ2v) is 4.75. The van der Waals surface area contributed by atoms with Gasteiger partial charge in [-0.25, -0.2) is 5.48 Å². The Labute approximate surface area is 127 Å². The van der Waals surface area contributed by atoms with Crippen molar-refractivity contribution in [3.8, 4) is 5.75 Å². The van der Waals surface area contributed by atoms with E-state index in [0.717, 1.165) is 11.3 Å². The number of carbonyl (C=O) groups excluding carboxylic acids is 1. The van der Waals surface area contributed by atoms with Gasteiger partial charge in [0.2, 0.25) is 0 Å². The zero-order chi connectivity index (χ0) is 15.2. The van der Waals surface area contributed by atoms with Crippen LogP contribution in [-0.2, 0) is 11.3 Å². The van der Waals surface area contributed by atoms with Crippen LogP contribution in [0, 0.1) is 0 Å². The molecular weight excluding hydrogens is 292 g/mol. The predicted molar refractivity (Wildman–Crippen MR) is 80.5 cm³/mol. The number of amides is 1. The molecule has 0 fully saturated rings. The second-order valence-electron chi connectivity index (χ2n) is 4.34. The molecule has 0 saturated carbocycles. The van der Waals surface area contributed by atoms with Gasteiger partial charge >= 0.3 is 0 Å². The normalized spacial score (nSPS) is 10.8. The van der Waals surface area contributed by atoms with Crippen LogP contribution in [0.25, 0.3) is 6.08 Å². The summed E-state index contributed by atoms with van der Waals surface area (Å²) < 4.78 is 7.15. The standard InChI is InChI=1S/C15H15ClN2O3/c1-21-14-9-11(4-6-13(14)16)10-18-8-2-3-12(18)5-7-15(19)17-20/h2-9,20H,10H2,1H3,(H,17,19). The van der Waals surface area contributed by atoms with Gasteiger partial charge in [0, 0.05) is 24.5 Å². The molecule has 0 atom stereocenters. The molecule has 0 radical (unpaired) electrons. The number of hydrogen-bond donors (Lipinski definition) is 2. The van der Waals surface area contributed by atoms with Crippen molar-refractivity contribution in [3.63, 3.8) is 0 Å². The van der Waals surface area contributed by atoms with Gasteiger partial charge in [0.25, 0.3) is 5.91 Å². The fraction of sp³-hybridized carbons (Fsp3) is 0.133. The van der Waals surface area contributed by atoms with Crippen LogP contribution >= 0.6 is 11.6 Å². The van der Waals surface area contributed by atoms with Crippen molar-refractivity contribution in [1.82, 2.24) is 10.0 Å². The number of nitrogens with zero attached hydrogens (tertiary/aromatic N) is 1. The van der Waals surface area contributed by atoms with Crippen molar-refractivity contribution in [3.05, 3.63) is 58.9 Å². The molecule has 5 nitrogen and oxygen atoms in total. The van der Waals surface area contributed by atoms with Gasteiger partial charge in [-0.1, -0.05) is 17.7 Å². The number of aromatic nitrogens is 1. The van der Waals surface area contributed by atoms with Crippen molar-refractivity contribution in [1.29, 1.82) is 0 Å². The van der Waals surface area contributed by atoms with Crippen molar-refractivity contribution < 1.29 is 14.7 Å². The van der Waals surface area contributed by atoms with Crippen LogP contribution in [0.1, 0.15) is 11.3 Å². The highest BCUT2D eigenvalue weighted by Gasteiger charge is 2.04. The molecule has 0 aliphatic carbocycles. The molecule has 1 aromatic heterocycles. The Bertz CT molecular complexity index is 665. The van der Waals surface area contributed by atoms with Crippen molar-refractivity contribution in [2.24, 2.45) is 0 Å². The summed E-state index contributed by atoms with van der Waals surface area (Å²) in [5.74, 6) is 0.0500. The van der Waals surface area contributed by atoms with E-state index < -0.39 is 5.91 Å². The number of ether oxygens (including phenoxy) is 1. The molecule has 6 heteroatoms. The van der Waals surface area contributed by atoms with E-state index in [0.29, 0.717) is 17.3 Å². The molecule has 0 spiro atoms. The molecule has 0 aliphatic rings. The molecule has 2 N–H and O–H groups in total. The maximum Gasteiger partial charge on any atom is 0.267 e. The molecule has 0 saturated heterocycles. The lowest BCUT2D eigenvalue weighted by molar-refractivity contribution is -0.124. The van der Waals surface area contributed by atoms with Crippen molar-refractivity contribution >= 4 is 23.6 Å². The average Bonchev–Trinajstić information content (AvgIpc) is 2.93. The summed E-state index contributed by atoms with van der Waals surface area (Å²) in [4.78, 5) is 11.0. The first kappa shape index (κ1) is 15.2. The summed E-state index contributed by atoms with van der Waals surface area (Å²) >= 11 is 6.00. The van der Waals surface area contributed by atoms with E-state index in [-0.39, 0.29) is 0 Å². The minimum absolute atomic E-state index is 0.563. The average molecular weight is 307 g/mol. The molecule has 2 rings (SSSR count). The molecule has 0 bridgehead atoms. The molecule has 1 amide bonds. The van der Waals surface area contributed by atoms with E-state index in [1.807, 2.05) is 35.0 Å². The van der Waals surface area contributed by atoms with Crippen LogP contribution in [0.5, 0.6) is 5.75 Å². The van der Waals surface area contributed by atoms with Gasteiger partial charge in [-0.15, -0.1) is 0 Å². The SMILES string of the molecule is COc1cc(Cn2cccc2C=CC(=O)NO)ccc1Cl. The van der Waals surface area contributed by atoms with Gasteiger partial charge in [-0.05, 0) is 35.9 Å². The van der Waals surface area contributed by atoms with Gasteiger partial charge in [0.15, 0.2) is 0 Å². The third-order valence-electron chi connectivity index (χ3n) is 2.95. The molecule has 1 aromatic carbocycles. The number of benzene rings is 1. The fourth-order valence-corrected chi connectivity index (χ4v) is 2.11. The van der Waals surface area contributed by atoms with Crippen LogP contribution in [0.15, 0.2) is 42.6 Å². The minimum Gasteiger partial charge on any atom is -0.495 e. The Morgan fingerprint density at radius 2 is 2.29 bits per heavy atom. The number of hydrogen-bond acceptors (Lipinski definition) is 3. The van der Waals surface area contributed by atoms with Gasteiger partial charge in [0.05, 0.1) is 12.1 Å². The highest BCUT2D eigenvalue weighted by atomic mass is 35.5. The number of hydroxylamine groups is 1. The summed E-state index contributed by atoms with van der Waals surface area (Å²) in [6.45, 7) is 0.612. The first-order chi connectivity index (χ1) is 10.1. The smallest absolute Gasteiger partial charge is 0.267 e. The quantitative estimate of drug-likeness (QED) is 0.507. The summed E-state index contributed by atoms with van der Waals surface area (Å²) in [5, 5.41) is 9.03. The molecule has 21 heavy (non-hydrogen) atoms. The van der Waals surface area contributed by atoms with Crippen LogP contribution in [-0.4, -0.2) is 22.8 Å². The molecule has 0 unspecified atom stereocenters. The summed E-state index contributed by atoms with van der Waals surface area (Å²) in [6.07, 6.45) is 4.78. The summed E-state index contributed by atoms with van der Waals surface area (Å²) in [6, 6.07) is 9.32. The lowest BCUT2D eigenvalue weighted by atomic mass is 10.2. The van der Waals surface area contributed by atoms with Crippen LogP contribution in [0.2, 0.25) is 5.02 Å². The molecule has 1 heterocycles. The Morgan fingerprint density at radius 1 is 1.48 bits per heavy atom. The van der Waals surface area contributed by atoms with Gasteiger partial charge in [-0.3, -0.25) is 10.0 Å². The van der Waals surface area contributed by atoms with E-state index in [2.05, 4.69) is 0 Å². The third-order valence-corrected chi connectivity index (χ3v) is 3.26. The topological polar surface area (TPSA) is 63.5 Å². The number of methoxy groups -OCH3 is 1. The first-order valence-electron chi connectivity index (χ1n) is 6.23. The third kappa shape index (κ3) is 3.87. The highest BCUT2D eigenvalue weighted by Crippen LogP contribution is 2.25. The monoisotopic (exact) mass is 306 g/mol. The van der Waals surface area contributed by atoms with Gasteiger partial charge in [-0.2, -0.15) is 0 Å². The molecule has 2 aromatic rings. The lowest BCUT2D eigenvalue weighted by Crippen LogP contribution is -2.15. The number of halogens is 1. The lowest BCUT2D eigenvalue weighted by Gasteiger charge is -2.09. The minimum atomic E-state index is -0.573. The van der Waals surface area contributed by atoms with Crippen molar-refractivity contribution in [2.45, 2.75) is 6.54 Å². The van der Waals surface area contributed by atoms with E-state index in [1.54, 1.807) is 24.7 Å². The van der Waals surface area contributed by atoms with Gasteiger partial charge < -0.3 is 9.30 Å². The van der Waals surface area contributed by atoms with E-state index in [1.165, 1.54) is 6.08 Å². The Kier molecular flexibility index (Phi) is 5.03.